The summed E-state index contributed by atoms with van der Waals surface area (Å²) in [5, 5.41) is 10.8. The van der Waals surface area contributed by atoms with E-state index in [2.05, 4.69) is 18.4 Å². The largest absolute Gasteiger partial charge is 0.462 e. The number of rotatable bonds is 5. The lowest BCUT2D eigenvalue weighted by molar-refractivity contribution is -0.146. The number of benzene rings is 1. The SMILES string of the molecule is C=C1CCC[C@]2(C)C[C@H]3OC(=O)C(CN(C)C(C)[C@@H](O)c4ccccc4)[C@H]3C[C@@H]12. The van der Waals surface area contributed by atoms with Gasteiger partial charge in [0.1, 0.15) is 6.10 Å². The highest BCUT2D eigenvalue weighted by Crippen LogP contribution is 2.57. The molecule has 1 saturated heterocycles. The van der Waals surface area contributed by atoms with Gasteiger partial charge < -0.3 is 9.84 Å². The first-order valence-electron chi connectivity index (χ1n) is 11.1. The van der Waals surface area contributed by atoms with Crippen molar-refractivity contribution in [1.82, 2.24) is 4.90 Å². The number of allylic oxidation sites excluding steroid dienone is 1. The molecule has 158 valence electrons. The number of hydrogen-bond donors (Lipinski definition) is 1. The molecule has 3 fully saturated rings. The zero-order chi connectivity index (χ0) is 20.8. The number of ether oxygens (including phenoxy) is 1. The minimum atomic E-state index is -0.581. The van der Waals surface area contributed by atoms with Crippen molar-refractivity contribution in [3.63, 3.8) is 0 Å². The Balaban J connectivity index is 1.46. The number of esters is 1. The normalized spacial score (nSPS) is 36.3. The van der Waals surface area contributed by atoms with Crippen LogP contribution < -0.4 is 0 Å². The minimum absolute atomic E-state index is 0.0439. The molecule has 0 amide bonds. The molecule has 1 heterocycles. The first-order chi connectivity index (χ1) is 13.8. The first kappa shape index (κ1) is 20.6. The maximum Gasteiger partial charge on any atom is 0.310 e. The molecule has 1 aliphatic heterocycles. The number of hydrogen-bond acceptors (Lipinski definition) is 4. The Morgan fingerprint density at radius 2 is 2.07 bits per heavy atom. The molecule has 7 atom stereocenters. The molecule has 1 aromatic rings. The average molecular weight is 398 g/mol. The average Bonchev–Trinajstić information content (AvgIpc) is 2.99. The zero-order valence-corrected chi connectivity index (χ0v) is 18.0. The minimum Gasteiger partial charge on any atom is -0.462 e. The van der Waals surface area contributed by atoms with Gasteiger partial charge in [-0.2, -0.15) is 0 Å². The summed E-state index contributed by atoms with van der Waals surface area (Å²) in [6.45, 7) is 9.39. The predicted molar refractivity (Wildman–Crippen MR) is 114 cm³/mol. The van der Waals surface area contributed by atoms with Crippen LogP contribution in [0.25, 0.3) is 0 Å². The van der Waals surface area contributed by atoms with Crippen LogP contribution in [0.5, 0.6) is 0 Å². The Morgan fingerprint density at radius 3 is 2.79 bits per heavy atom. The molecule has 1 aromatic carbocycles. The van der Waals surface area contributed by atoms with E-state index in [1.807, 2.05) is 44.3 Å². The molecule has 4 heteroatoms. The van der Waals surface area contributed by atoms with Crippen LogP contribution in [0, 0.1) is 23.2 Å². The third-order valence-corrected chi connectivity index (χ3v) is 8.10. The molecule has 0 radical (unpaired) electrons. The Kier molecular flexibility index (Phi) is 5.60. The first-order valence-corrected chi connectivity index (χ1v) is 11.1. The van der Waals surface area contributed by atoms with Crippen LogP contribution in [0.1, 0.15) is 57.6 Å². The van der Waals surface area contributed by atoms with Crippen LogP contribution in [-0.2, 0) is 9.53 Å². The van der Waals surface area contributed by atoms with Crippen molar-refractivity contribution in [2.24, 2.45) is 23.2 Å². The van der Waals surface area contributed by atoms with E-state index in [1.54, 1.807) is 0 Å². The van der Waals surface area contributed by atoms with Crippen molar-refractivity contribution >= 4 is 5.97 Å². The fourth-order valence-electron chi connectivity index (χ4n) is 6.11. The molecule has 2 unspecified atom stereocenters. The van der Waals surface area contributed by atoms with Gasteiger partial charge in [-0.05, 0) is 63.0 Å². The summed E-state index contributed by atoms with van der Waals surface area (Å²) in [6.07, 6.45) is 4.98. The van der Waals surface area contributed by atoms with Crippen LogP contribution in [0.15, 0.2) is 42.5 Å². The van der Waals surface area contributed by atoms with Crippen molar-refractivity contribution in [2.75, 3.05) is 13.6 Å². The van der Waals surface area contributed by atoms with Crippen LogP contribution in [0.2, 0.25) is 0 Å². The lowest BCUT2D eigenvalue weighted by Gasteiger charge is -2.50. The van der Waals surface area contributed by atoms with Crippen LogP contribution in [0.3, 0.4) is 0 Å². The van der Waals surface area contributed by atoms with Gasteiger partial charge in [0, 0.05) is 18.5 Å². The molecule has 1 N–H and O–H groups in total. The summed E-state index contributed by atoms with van der Waals surface area (Å²) in [5.74, 6) is 0.599. The monoisotopic (exact) mass is 397 g/mol. The number of aliphatic hydroxyl groups is 1. The van der Waals surface area contributed by atoms with E-state index in [9.17, 15) is 9.90 Å². The van der Waals surface area contributed by atoms with Crippen LogP contribution in [0.4, 0.5) is 0 Å². The Hall–Kier alpha value is -1.65. The molecule has 0 aromatic heterocycles. The molecule has 2 saturated carbocycles. The van der Waals surface area contributed by atoms with Gasteiger partial charge in [-0.15, -0.1) is 0 Å². The Bertz CT molecular complexity index is 763. The van der Waals surface area contributed by atoms with Crippen molar-refractivity contribution < 1.29 is 14.6 Å². The van der Waals surface area contributed by atoms with Crippen molar-refractivity contribution in [1.29, 1.82) is 0 Å². The molecule has 0 spiro atoms. The number of likely N-dealkylation sites (N-methyl/N-ethyl adjacent to an activating group) is 1. The molecule has 29 heavy (non-hydrogen) atoms. The summed E-state index contributed by atoms with van der Waals surface area (Å²) < 4.78 is 5.90. The molecule has 4 rings (SSSR count). The number of fused-ring (bicyclic) bond motifs is 2. The molecular weight excluding hydrogens is 362 g/mol. The van der Waals surface area contributed by atoms with E-state index in [0.29, 0.717) is 12.5 Å². The predicted octanol–water partition coefficient (Wildman–Crippen LogP) is 4.35. The lowest BCUT2D eigenvalue weighted by atomic mass is 9.55. The number of carbonyl (C=O) groups is 1. The fraction of sp³-hybridized carbons (Fsp3) is 0.640. The quantitative estimate of drug-likeness (QED) is 0.593. The zero-order valence-electron chi connectivity index (χ0n) is 18.0. The maximum absolute atomic E-state index is 12.8. The molecular formula is C25H35NO3. The standard InChI is InChI=1S/C25H35NO3/c1-16-9-8-12-25(3)14-22-19(13-21(16)25)20(24(28)29-22)15-26(4)17(2)23(27)18-10-6-5-7-11-18/h5-7,10-11,17,19-23,27H,1,8-9,12-15H2,2-4H3/t17?,19-,20?,21+,22-,23-,25-/m1/s1. The highest BCUT2D eigenvalue weighted by Gasteiger charge is 2.55. The van der Waals surface area contributed by atoms with E-state index in [1.165, 1.54) is 18.4 Å². The summed E-state index contributed by atoms with van der Waals surface area (Å²) in [5.41, 5.74) is 2.51. The highest BCUT2D eigenvalue weighted by molar-refractivity contribution is 5.75. The van der Waals surface area contributed by atoms with Gasteiger partial charge in [-0.1, -0.05) is 49.4 Å². The van der Waals surface area contributed by atoms with Gasteiger partial charge in [0.25, 0.3) is 0 Å². The van der Waals surface area contributed by atoms with Crippen LogP contribution in [-0.4, -0.2) is 41.7 Å². The van der Waals surface area contributed by atoms with Crippen molar-refractivity contribution in [3.8, 4) is 0 Å². The van der Waals surface area contributed by atoms with Crippen molar-refractivity contribution in [3.05, 3.63) is 48.0 Å². The van der Waals surface area contributed by atoms with Gasteiger partial charge in [-0.3, -0.25) is 9.69 Å². The van der Waals surface area contributed by atoms with E-state index < -0.39 is 6.10 Å². The third kappa shape index (κ3) is 3.77. The van der Waals surface area contributed by atoms with E-state index >= 15 is 0 Å². The summed E-state index contributed by atoms with van der Waals surface area (Å²) in [7, 11) is 2.00. The van der Waals surface area contributed by atoms with Gasteiger partial charge in [0.2, 0.25) is 0 Å². The van der Waals surface area contributed by atoms with E-state index in [-0.39, 0.29) is 35.4 Å². The van der Waals surface area contributed by atoms with Crippen LogP contribution >= 0.6 is 0 Å². The van der Waals surface area contributed by atoms with Gasteiger partial charge in [-0.25, -0.2) is 0 Å². The Morgan fingerprint density at radius 1 is 1.34 bits per heavy atom. The third-order valence-electron chi connectivity index (χ3n) is 8.10. The van der Waals surface area contributed by atoms with E-state index in [4.69, 9.17) is 4.74 Å². The van der Waals surface area contributed by atoms with Gasteiger partial charge >= 0.3 is 5.97 Å². The number of carbonyl (C=O) groups excluding carboxylic acids is 1. The fourth-order valence-corrected chi connectivity index (χ4v) is 6.11. The number of aliphatic hydroxyl groups excluding tert-OH is 1. The highest BCUT2D eigenvalue weighted by atomic mass is 16.6. The summed E-state index contributed by atoms with van der Waals surface area (Å²) in [4.78, 5) is 14.9. The second-order valence-electron chi connectivity index (χ2n) is 9.94. The van der Waals surface area contributed by atoms with Crippen molar-refractivity contribution in [2.45, 2.75) is 64.2 Å². The van der Waals surface area contributed by atoms with E-state index in [0.717, 1.165) is 24.8 Å². The number of nitrogens with zero attached hydrogens (tertiary/aromatic N) is 1. The van der Waals surface area contributed by atoms with Gasteiger partial charge in [0.15, 0.2) is 0 Å². The molecule has 4 nitrogen and oxygen atoms in total. The molecule has 2 aliphatic carbocycles. The summed E-state index contributed by atoms with van der Waals surface area (Å²) in [6, 6.07) is 9.66. The Labute approximate surface area is 174 Å². The molecule has 3 aliphatic rings. The summed E-state index contributed by atoms with van der Waals surface area (Å²) >= 11 is 0. The smallest absolute Gasteiger partial charge is 0.310 e. The maximum atomic E-state index is 12.8. The second kappa shape index (κ2) is 7.88. The van der Waals surface area contributed by atoms with Gasteiger partial charge in [0.05, 0.1) is 12.0 Å². The lowest BCUT2D eigenvalue weighted by Crippen LogP contribution is -2.46. The second-order valence-corrected chi connectivity index (χ2v) is 9.94. The molecule has 0 bridgehead atoms. The topological polar surface area (TPSA) is 49.8 Å².